The van der Waals surface area contributed by atoms with E-state index in [1.54, 1.807) is 6.26 Å². The molecule has 0 amide bonds. The van der Waals surface area contributed by atoms with Gasteiger partial charge in [-0.15, -0.1) is 0 Å². The third-order valence-electron chi connectivity index (χ3n) is 9.39. The molecule has 0 aliphatic carbocycles. The number of carbonyl (C=O) groups is 1. The predicted octanol–water partition coefficient (Wildman–Crippen LogP) is 12.4. The van der Waals surface area contributed by atoms with Gasteiger partial charge in [-0.3, -0.25) is 13.8 Å². The molecule has 3 atom stereocenters. The molecule has 0 aromatic heterocycles. The van der Waals surface area contributed by atoms with Crippen LogP contribution in [0.3, 0.4) is 0 Å². The second kappa shape index (κ2) is 41.2. The number of phosphoric ester groups is 1. The summed E-state index contributed by atoms with van der Waals surface area (Å²) in [4.78, 5) is 22.6. The van der Waals surface area contributed by atoms with Crippen molar-refractivity contribution in [3.63, 3.8) is 0 Å². The first kappa shape index (κ1) is 52.5. The van der Waals surface area contributed by atoms with E-state index in [2.05, 4.69) is 38.2 Å². The molecule has 0 aliphatic heterocycles. The lowest BCUT2D eigenvalue weighted by Crippen LogP contribution is -2.28. The van der Waals surface area contributed by atoms with Crippen molar-refractivity contribution in [1.29, 1.82) is 0 Å². The number of allylic oxidation sites excluding steroid dienone is 5. The van der Waals surface area contributed by atoms with Crippen LogP contribution < -0.4 is 0 Å². The molecule has 0 aromatic rings. The van der Waals surface area contributed by atoms with Crippen molar-refractivity contribution in [1.82, 2.24) is 0 Å². The molecule has 0 aliphatic rings. The van der Waals surface area contributed by atoms with Crippen LogP contribution in [0.15, 0.2) is 36.6 Å². The lowest BCUT2D eigenvalue weighted by Gasteiger charge is -2.20. The van der Waals surface area contributed by atoms with E-state index in [-0.39, 0.29) is 13.0 Å². The molecule has 0 aromatic carbocycles. The molecular weight excluding hydrogens is 703 g/mol. The van der Waals surface area contributed by atoms with Gasteiger partial charge in [-0.05, 0) is 57.4 Å². The number of carbonyl (C=O) groups excluding carboxylic acids is 1. The van der Waals surface area contributed by atoms with Crippen LogP contribution in [0.4, 0.5) is 0 Å². The minimum atomic E-state index is -4.53. The monoisotopic (exact) mass is 787 g/mol. The van der Waals surface area contributed by atoms with Crippen LogP contribution in [0.1, 0.15) is 200 Å². The van der Waals surface area contributed by atoms with Gasteiger partial charge in [-0.25, -0.2) is 4.57 Å². The number of aliphatic hydroxyl groups is 2. The zero-order valence-corrected chi connectivity index (χ0v) is 35.6. The Morgan fingerprint density at radius 2 is 1.00 bits per heavy atom. The van der Waals surface area contributed by atoms with Crippen LogP contribution in [-0.2, 0) is 27.9 Å². The molecule has 3 N–H and O–H groups in total. The number of hydrogen-bond acceptors (Lipinski definition) is 8. The summed E-state index contributed by atoms with van der Waals surface area (Å²) in [6.07, 6.45) is 44.7. The van der Waals surface area contributed by atoms with Crippen LogP contribution in [0.25, 0.3) is 0 Å². The van der Waals surface area contributed by atoms with E-state index >= 15 is 0 Å². The van der Waals surface area contributed by atoms with Gasteiger partial charge in [-0.2, -0.15) is 0 Å². The third-order valence-corrected chi connectivity index (χ3v) is 10.3. The molecule has 10 heteroatoms. The summed E-state index contributed by atoms with van der Waals surface area (Å²) in [6.45, 7) is 2.86. The van der Waals surface area contributed by atoms with Crippen molar-refractivity contribution in [3.05, 3.63) is 36.6 Å². The molecule has 0 radical (unpaired) electrons. The van der Waals surface area contributed by atoms with Crippen LogP contribution in [-0.4, -0.2) is 59.7 Å². The average Bonchev–Trinajstić information content (AvgIpc) is 3.16. The van der Waals surface area contributed by atoms with Crippen LogP contribution >= 0.6 is 7.82 Å². The number of unbranched alkanes of at least 4 members (excludes halogenated alkanes) is 24. The Bertz CT molecular complexity index is 939. The molecular formula is C44H83O9P. The molecule has 1 unspecified atom stereocenters. The summed E-state index contributed by atoms with van der Waals surface area (Å²) in [5.41, 5.74) is 0. The lowest BCUT2D eigenvalue weighted by molar-refractivity contribution is -0.153. The number of esters is 1. The maximum Gasteiger partial charge on any atom is 0.472 e. The van der Waals surface area contributed by atoms with Gasteiger partial charge in [0.15, 0.2) is 6.10 Å². The van der Waals surface area contributed by atoms with Gasteiger partial charge in [0.1, 0.15) is 12.7 Å². The second-order valence-electron chi connectivity index (χ2n) is 14.8. The summed E-state index contributed by atoms with van der Waals surface area (Å²) >= 11 is 0. The lowest BCUT2D eigenvalue weighted by atomic mass is 10.0. The molecule has 0 heterocycles. The Labute approximate surface area is 331 Å². The zero-order chi connectivity index (χ0) is 39.6. The summed E-state index contributed by atoms with van der Waals surface area (Å²) in [6, 6.07) is 0. The third kappa shape index (κ3) is 40.2. The fraction of sp³-hybridized carbons (Fsp3) is 0.841. The standard InChI is InChI=1S/C44H83O9P/c1-3-5-7-9-11-13-15-17-19-21-22-24-26-28-30-32-34-36-44(47)53-43(41-52-54(48,49)51-39-42(46)38-45)40-50-37-35-33-31-29-27-25-23-20-18-16-14-12-10-8-6-4-2/h11,13,17,19,35,37,42-43,45-46H,3-10,12,14-16,18,20-34,36,38-41H2,1-2H3,(H,48,49)/b13-11-,19-17-,37-35-/t42-,43+/m0/s1. The quantitative estimate of drug-likeness (QED) is 0.0182. The molecule has 0 rings (SSSR count). The topological polar surface area (TPSA) is 132 Å². The smallest absolute Gasteiger partial charge is 0.472 e. The number of hydrogen-bond donors (Lipinski definition) is 3. The Morgan fingerprint density at radius 3 is 1.52 bits per heavy atom. The van der Waals surface area contributed by atoms with Crippen LogP contribution in [0.2, 0.25) is 0 Å². The van der Waals surface area contributed by atoms with Gasteiger partial charge < -0.3 is 24.6 Å². The van der Waals surface area contributed by atoms with Crippen molar-refractivity contribution in [2.75, 3.05) is 26.4 Å². The van der Waals surface area contributed by atoms with E-state index < -0.39 is 45.8 Å². The van der Waals surface area contributed by atoms with Crippen LogP contribution in [0.5, 0.6) is 0 Å². The molecule has 0 saturated heterocycles. The molecule has 9 nitrogen and oxygen atoms in total. The fourth-order valence-corrected chi connectivity index (χ4v) is 6.79. The highest BCUT2D eigenvalue weighted by Gasteiger charge is 2.26. The molecule has 0 spiro atoms. The summed E-state index contributed by atoms with van der Waals surface area (Å²) < 4.78 is 33.1. The number of rotatable bonds is 42. The Kier molecular flexibility index (Phi) is 40.0. The predicted molar refractivity (Wildman–Crippen MR) is 223 cm³/mol. The largest absolute Gasteiger partial charge is 0.498 e. The van der Waals surface area contributed by atoms with Crippen LogP contribution in [0, 0.1) is 0 Å². The van der Waals surface area contributed by atoms with E-state index in [4.69, 9.17) is 23.6 Å². The highest BCUT2D eigenvalue weighted by Crippen LogP contribution is 2.43. The van der Waals surface area contributed by atoms with Crippen molar-refractivity contribution in [2.45, 2.75) is 212 Å². The van der Waals surface area contributed by atoms with E-state index in [0.717, 1.165) is 44.9 Å². The molecule has 0 fully saturated rings. The summed E-state index contributed by atoms with van der Waals surface area (Å²) in [5.74, 6) is -0.412. The van der Waals surface area contributed by atoms with E-state index in [0.29, 0.717) is 6.42 Å². The minimum Gasteiger partial charge on any atom is -0.498 e. The van der Waals surface area contributed by atoms with Gasteiger partial charge in [0.25, 0.3) is 0 Å². The fourth-order valence-electron chi connectivity index (χ4n) is 6.00. The highest BCUT2D eigenvalue weighted by molar-refractivity contribution is 7.47. The summed E-state index contributed by atoms with van der Waals surface area (Å²) in [5, 5.41) is 18.3. The maximum atomic E-state index is 12.6. The summed E-state index contributed by atoms with van der Waals surface area (Å²) in [7, 11) is -4.53. The molecule has 54 heavy (non-hydrogen) atoms. The number of aliphatic hydroxyl groups excluding tert-OH is 2. The average molecular weight is 787 g/mol. The number of phosphoric acid groups is 1. The van der Waals surface area contributed by atoms with Crippen molar-refractivity contribution in [2.24, 2.45) is 0 Å². The first-order valence-electron chi connectivity index (χ1n) is 22.0. The van der Waals surface area contributed by atoms with Crippen molar-refractivity contribution < 1.29 is 43.0 Å². The van der Waals surface area contributed by atoms with E-state index in [1.165, 1.54) is 128 Å². The first-order valence-corrected chi connectivity index (χ1v) is 23.5. The minimum absolute atomic E-state index is 0.0365. The Morgan fingerprint density at radius 1 is 0.574 bits per heavy atom. The number of ether oxygens (including phenoxy) is 2. The molecule has 0 saturated carbocycles. The van der Waals surface area contributed by atoms with Gasteiger partial charge in [0, 0.05) is 6.42 Å². The zero-order valence-electron chi connectivity index (χ0n) is 34.7. The van der Waals surface area contributed by atoms with Gasteiger partial charge in [0.2, 0.25) is 0 Å². The van der Waals surface area contributed by atoms with Crippen molar-refractivity contribution in [3.8, 4) is 0 Å². The first-order chi connectivity index (χ1) is 26.3. The second-order valence-corrected chi connectivity index (χ2v) is 16.2. The SMILES string of the molecule is CCCCC/C=C\C/C=C\CCCCCCCCCC(=O)O[C@H](CO/C=C\CCCCCCCCCCCCCCCC)COP(=O)(O)OC[C@@H](O)CO. The normalized spacial score (nSPS) is 14.3. The van der Waals surface area contributed by atoms with E-state index in [9.17, 15) is 19.4 Å². The molecule has 0 bridgehead atoms. The maximum absolute atomic E-state index is 12.6. The Hall–Kier alpha value is -1.48. The van der Waals surface area contributed by atoms with Gasteiger partial charge in [-0.1, -0.05) is 167 Å². The Balaban J connectivity index is 4.22. The van der Waals surface area contributed by atoms with Gasteiger partial charge in [0.05, 0.1) is 26.1 Å². The van der Waals surface area contributed by atoms with E-state index in [1.807, 2.05) is 6.08 Å². The highest BCUT2D eigenvalue weighted by atomic mass is 31.2. The van der Waals surface area contributed by atoms with Gasteiger partial charge >= 0.3 is 13.8 Å². The van der Waals surface area contributed by atoms with Crippen molar-refractivity contribution >= 4 is 13.8 Å². The molecule has 318 valence electrons.